The highest BCUT2D eigenvalue weighted by atomic mass is 16.2. The topological polar surface area (TPSA) is 49.4 Å². The van der Waals surface area contributed by atoms with Crippen LogP contribution >= 0.6 is 0 Å². The van der Waals surface area contributed by atoms with Crippen LogP contribution in [0, 0.1) is 0 Å². The third kappa shape index (κ3) is 3.02. The van der Waals surface area contributed by atoms with E-state index in [9.17, 15) is 9.59 Å². The normalized spacial score (nSPS) is 14.3. The van der Waals surface area contributed by atoms with Gasteiger partial charge in [0.1, 0.15) is 0 Å². The van der Waals surface area contributed by atoms with Gasteiger partial charge in [0.05, 0.1) is 0 Å². The molecule has 0 aliphatic carbocycles. The summed E-state index contributed by atoms with van der Waals surface area (Å²) in [5.41, 5.74) is 3.84. The monoisotopic (exact) mass is 258 g/mol. The third-order valence-corrected chi connectivity index (χ3v) is 3.12. The van der Waals surface area contributed by atoms with Crippen LogP contribution in [0.4, 0.5) is 11.4 Å². The summed E-state index contributed by atoms with van der Waals surface area (Å²) in [6.45, 7) is 5.69. The molecule has 0 fully saturated rings. The molecule has 1 heterocycles. The van der Waals surface area contributed by atoms with Crippen molar-refractivity contribution in [3.8, 4) is 0 Å². The van der Waals surface area contributed by atoms with Crippen LogP contribution < -0.4 is 10.2 Å². The summed E-state index contributed by atoms with van der Waals surface area (Å²) in [6, 6.07) is 5.96. The zero-order valence-electron chi connectivity index (χ0n) is 11.5. The van der Waals surface area contributed by atoms with Crippen LogP contribution in [0.1, 0.15) is 26.3 Å². The molecule has 0 aromatic heterocycles. The number of ketones is 1. The molecular formula is C15H18N2O2. The van der Waals surface area contributed by atoms with Gasteiger partial charge in [0.25, 0.3) is 0 Å². The van der Waals surface area contributed by atoms with E-state index in [1.54, 1.807) is 17.9 Å². The summed E-state index contributed by atoms with van der Waals surface area (Å²) in [5.74, 6) is 0.0726. The molecule has 0 atom stereocenters. The Hall–Kier alpha value is -2.10. The Labute approximate surface area is 113 Å². The van der Waals surface area contributed by atoms with Gasteiger partial charge < -0.3 is 10.2 Å². The number of carbonyl (C=O) groups is 2. The lowest BCUT2D eigenvalue weighted by molar-refractivity contribution is -0.116. The van der Waals surface area contributed by atoms with Crippen molar-refractivity contribution < 1.29 is 9.59 Å². The van der Waals surface area contributed by atoms with Crippen LogP contribution in [0.2, 0.25) is 0 Å². The first kappa shape index (κ1) is 13.3. The number of carbonyl (C=O) groups excluding carboxylic acids is 2. The van der Waals surface area contributed by atoms with Gasteiger partial charge in [-0.25, -0.2) is 0 Å². The second-order valence-electron chi connectivity index (χ2n) is 4.83. The van der Waals surface area contributed by atoms with Crippen LogP contribution in [0.15, 0.2) is 30.0 Å². The highest BCUT2D eigenvalue weighted by Gasteiger charge is 2.22. The number of nitrogens with one attached hydrogen (secondary N) is 1. The first-order valence-electron chi connectivity index (χ1n) is 6.34. The number of benzene rings is 1. The van der Waals surface area contributed by atoms with E-state index in [0.717, 1.165) is 30.0 Å². The zero-order chi connectivity index (χ0) is 14.0. The summed E-state index contributed by atoms with van der Waals surface area (Å²) in [5, 5.41) is 3.16. The predicted molar refractivity (Wildman–Crippen MR) is 76.2 cm³/mol. The first-order valence-corrected chi connectivity index (χ1v) is 6.34. The van der Waals surface area contributed by atoms with Gasteiger partial charge in [0, 0.05) is 30.5 Å². The molecule has 4 nitrogen and oxygen atoms in total. The molecule has 4 heteroatoms. The van der Waals surface area contributed by atoms with E-state index in [0.29, 0.717) is 0 Å². The van der Waals surface area contributed by atoms with Crippen LogP contribution in [0.25, 0.3) is 0 Å². The second kappa shape index (κ2) is 5.26. The van der Waals surface area contributed by atoms with Crippen molar-refractivity contribution in [2.45, 2.75) is 27.2 Å². The van der Waals surface area contributed by atoms with Crippen LogP contribution in [0.3, 0.4) is 0 Å². The van der Waals surface area contributed by atoms with Crippen molar-refractivity contribution in [3.05, 3.63) is 35.5 Å². The summed E-state index contributed by atoms with van der Waals surface area (Å²) in [4.78, 5) is 24.3. The maximum absolute atomic E-state index is 11.5. The molecule has 1 aromatic carbocycles. The predicted octanol–water partition coefficient (Wildman–Crippen LogP) is 2.50. The molecule has 2 rings (SSSR count). The lowest BCUT2D eigenvalue weighted by Gasteiger charge is -2.16. The van der Waals surface area contributed by atoms with E-state index >= 15 is 0 Å². The number of fused-ring (bicyclic) bond motifs is 1. The van der Waals surface area contributed by atoms with E-state index in [-0.39, 0.29) is 11.7 Å². The van der Waals surface area contributed by atoms with Gasteiger partial charge in [-0.15, -0.1) is 0 Å². The number of allylic oxidation sites excluding steroid dienone is 2. The Balaban J connectivity index is 2.24. The van der Waals surface area contributed by atoms with Crippen molar-refractivity contribution in [2.24, 2.45) is 0 Å². The Morgan fingerprint density at radius 3 is 2.63 bits per heavy atom. The van der Waals surface area contributed by atoms with E-state index in [2.05, 4.69) is 5.32 Å². The van der Waals surface area contributed by atoms with Gasteiger partial charge in [-0.1, -0.05) is 6.07 Å². The minimum Gasteiger partial charge on any atom is -0.359 e. The molecular weight excluding hydrogens is 240 g/mol. The van der Waals surface area contributed by atoms with Crippen LogP contribution in [0.5, 0.6) is 0 Å². The molecule has 0 saturated heterocycles. The van der Waals surface area contributed by atoms with Crippen molar-refractivity contribution in [3.63, 3.8) is 0 Å². The fourth-order valence-electron chi connectivity index (χ4n) is 2.35. The minimum absolute atomic E-state index is 0.0107. The fourth-order valence-corrected chi connectivity index (χ4v) is 2.35. The lowest BCUT2D eigenvalue weighted by Crippen LogP contribution is -2.25. The van der Waals surface area contributed by atoms with Gasteiger partial charge in [-0.05, 0) is 44.0 Å². The lowest BCUT2D eigenvalue weighted by atomic mass is 10.1. The zero-order valence-corrected chi connectivity index (χ0v) is 11.5. The summed E-state index contributed by atoms with van der Waals surface area (Å²) in [6.07, 6.45) is 2.45. The fraction of sp³-hybridized carbons (Fsp3) is 0.333. The third-order valence-electron chi connectivity index (χ3n) is 3.12. The van der Waals surface area contributed by atoms with Gasteiger partial charge >= 0.3 is 0 Å². The number of hydrogen-bond donors (Lipinski definition) is 1. The molecule has 0 radical (unpaired) electrons. The average molecular weight is 258 g/mol. The van der Waals surface area contributed by atoms with Crippen LogP contribution in [-0.2, 0) is 16.0 Å². The van der Waals surface area contributed by atoms with Crippen molar-refractivity contribution >= 4 is 23.1 Å². The molecule has 1 aliphatic heterocycles. The molecule has 1 amide bonds. The largest absolute Gasteiger partial charge is 0.359 e. The number of amides is 1. The standard InChI is InChI=1S/C15H18N2O2/c1-10(8-11(2)18)16-14-5-4-13-6-7-17(12(3)19)15(13)9-14/h4-5,8-9,16H,6-7H2,1-3H3. The average Bonchev–Trinajstić information content (AvgIpc) is 2.70. The van der Waals surface area contributed by atoms with E-state index in [4.69, 9.17) is 0 Å². The summed E-state index contributed by atoms with van der Waals surface area (Å²) < 4.78 is 0. The van der Waals surface area contributed by atoms with Crippen molar-refractivity contribution in [2.75, 3.05) is 16.8 Å². The number of hydrogen-bond acceptors (Lipinski definition) is 3. The van der Waals surface area contributed by atoms with Crippen molar-refractivity contribution in [1.29, 1.82) is 0 Å². The Morgan fingerprint density at radius 1 is 1.26 bits per heavy atom. The molecule has 1 aliphatic rings. The van der Waals surface area contributed by atoms with Gasteiger partial charge in [0.15, 0.2) is 5.78 Å². The van der Waals surface area contributed by atoms with Crippen molar-refractivity contribution in [1.82, 2.24) is 0 Å². The molecule has 0 unspecified atom stereocenters. The molecule has 1 aromatic rings. The summed E-state index contributed by atoms with van der Waals surface area (Å²) >= 11 is 0. The van der Waals surface area contributed by atoms with E-state index < -0.39 is 0 Å². The quantitative estimate of drug-likeness (QED) is 0.847. The Kier molecular flexibility index (Phi) is 3.69. The number of nitrogens with zero attached hydrogens (tertiary/aromatic N) is 1. The highest BCUT2D eigenvalue weighted by Crippen LogP contribution is 2.31. The summed E-state index contributed by atoms with van der Waals surface area (Å²) in [7, 11) is 0. The van der Waals surface area contributed by atoms with Crippen LogP contribution in [-0.4, -0.2) is 18.2 Å². The maximum atomic E-state index is 11.5. The number of anilines is 2. The van der Waals surface area contributed by atoms with Gasteiger partial charge in [-0.3, -0.25) is 9.59 Å². The SMILES string of the molecule is CC(=O)C=C(C)Nc1ccc2c(c1)N(C(C)=O)CC2. The Bertz CT molecular complexity index is 561. The molecule has 19 heavy (non-hydrogen) atoms. The molecule has 0 bridgehead atoms. The molecule has 0 saturated carbocycles. The van der Waals surface area contributed by atoms with E-state index in [1.165, 1.54) is 12.5 Å². The molecule has 0 spiro atoms. The van der Waals surface area contributed by atoms with E-state index in [1.807, 2.05) is 25.1 Å². The molecule has 100 valence electrons. The highest BCUT2D eigenvalue weighted by molar-refractivity contribution is 5.94. The van der Waals surface area contributed by atoms with Gasteiger partial charge in [0.2, 0.25) is 5.91 Å². The second-order valence-corrected chi connectivity index (χ2v) is 4.83. The smallest absolute Gasteiger partial charge is 0.223 e. The Morgan fingerprint density at radius 2 is 2.00 bits per heavy atom. The maximum Gasteiger partial charge on any atom is 0.223 e. The first-order chi connectivity index (χ1) is 8.97. The number of rotatable bonds is 3. The minimum atomic E-state index is 0.0107. The van der Waals surface area contributed by atoms with Gasteiger partial charge in [-0.2, -0.15) is 0 Å². The molecule has 1 N–H and O–H groups in total.